The topological polar surface area (TPSA) is 67.2 Å². The summed E-state index contributed by atoms with van der Waals surface area (Å²) in [6, 6.07) is 1.29. The molecule has 0 aliphatic rings. The first-order valence-corrected chi connectivity index (χ1v) is 4.38. The number of carbonyl (C=O) groups is 1. The number of hydrogen-bond acceptors (Lipinski definition) is 3. The minimum absolute atomic E-state index is 0.0152. The summed E-state index contributed by atoms with van der Waals surface area (Å²) < 4.78 is 37.0. The second-order valence-electron chi connectivity index (χ2n) is 3.07. The van der Waals surface area contributed by atoms with Gasteiger partial charge in [0.1, 0.15) is 5.82 Å². The molecule has 1 amide bonds. The monoisotopic (exact) mass is 237 g/mol. The van der Waals surface area contributed by atoms with Gasteiger partial charge in [0.15, 0.2) is 0 Å². The minimum Gasteiger partial charge on any atom is -0.394 e. The molecule has 0 saturated carbocycles. The van der Waals surface area contributed by atoms with E-state index in [2.05, 4.69) is 5.10 Å². The van der Waals surface area contributed by atoms with Crippen LogP contribution in [0.5, 0.6) is 0 Å². The summed E-state index contributed by atoms with van der Waals surface area (Å²) >= 11 is 0. The zero-order valence-corrected chi connectivity index (χ0v) is 8.38. The number of hydrogen-bond donors (Lipinski definition) is 2. The van der Waals surface area contributed by atoms with Gasteiger partial charge in [-0.25, -0.2) is 4.68 Å². The Hall–Kier alpha value is -1.57. The largest absolute Gasteiger partial charge is 0.471 e. The quantitative estimate of drug-likeness (QED) is 0.812. The maximum Gasteiger partial charge on any atom is 0.471 e. The number of halogens is 3. The van der Waals surface area contributed by atoms with Crippen LogP contribution in [0, 0.1) is 6.92 Å². The van der Waals surface area contributed by atoms with Crippen LogP contribution in [0.1, 0.15) is 5.69 Å². The van der Waals surface area contributed by atoms with Gasteiger partial charge in [-0.05, 0) is 6.92 Å². The van der Waals surface area contributed by atoms with Gasteiger partial charge in [-0.15, -0.1) is 0 Å². The summed E-state index contributed by atoms with van der Waals surface area (Å²) in [6.07, 6.45) is -4.94. The van der Waals surface area contributed by atoms with Crippen LogP contribution in [0.25, 0.3) is 0 Å². The molecule has 1 aromatic heterocycles. The molecule has 0 aromatic carbocycles. The molecule has 0 aliphatic carbocycles. The number of anilines is 1. The van der Waals surface area contributed by atoms with Gasteiger partial charge in [-0.3, -0.25) is 4.79 Å². The SMILES string of the molecule is Cc1cc(NC(=O)C(F)(F)F)n(CCO)n1. The van der Waals surface area contributed by atoms with Crippen molar-refractivity contribution in [1.29, 1.82) is 0 Å². The van der Waals surface area contributed by atoms with Crippen LogP contribution in [-0.2, 0) is 11.3 Å². The number of carbonyl (C=O) groups excluding carboxylic acids is 1. The summed E-state index contributed by atoms with van der Waals surface area (Å²) in [5.41, 5.74) is 0.450. The molecule has 0 aliphatic heterocycles. The Morgan fingerprint density at radius 1 is 1.62 bits per heavy atom. The standard InChI is InChI=1S/C8H10F3N3O2/c1-5-4-6(14(13-5)2-3-15)12-7(16)8(9,10)11/h4,15H,2-3H2,1H3,(H,12,16). The lowest BCUT2D eigenvalue weighted by molar-refractivity contribution is -0.167. The van der Waals surface area contributed by atoms with E-state index in [-0.39, 0.29) is 19.0 Å². The first-order valence-electron chi connectivity index (χ1n) is 4.38. The van der Waals surface area contributed by atoms with Crippen molar-refractivity contribution in [3.63, 3.8) is 0 Å². The molecule has 0 bridgehead atoms. The van der Waals surface area contributed by atoms with E-state index in [1.807, 2.05) is 0 Å². The van der Waals surface area contributed by atoms with Crippen LogP contribution in [0.15, 0.2) is 6.07 Å². The molecule has 90 valence electrons. The van der Waals surface area contributed by atoms with E-state index in [1.165, 1.54) is 6.07 Å². The van der Waals surface area contributed by atoms with Gasteiger partial charge in [-0.1, -0.05) is 0 Å². The minimum atomic E-state index is -4.94. The van der Waals surface area contributed by atoms with E-state index >= 15 is 0 Å². The Kier molecular flexibility index (Phi) is 3.53. The average molecular weight is 237 g/mol. The summed E-state index contributed by atoms with van der Waals surface area (Å²) in [7, 11) is 0. The van der Waals surface area contributed by atoms with Crippen molar-refractivity contribution in [1.82, 2.24) is 9.78 Å². The maximum atomic E-state index is 12.0. The zero-order chi connectivity index (χ0) is 12.3. The number of aliphatic hydroxyl groups is 1. The van der Waals surface area contributed by atoms with Crippen LogP contribution in [0.3, 0.4) is 0 Å². The number of amides is 1. The zero-order valence-electron chi connectivity index (χ0n) is 8.38. The fourth-order valence-electron chi connectivity index (χ4n) is 1.10. The van der Waals surface area contributed by atoms with Gasteiger partial charge >= 0.3 is 12.1 Å². The summed E-state index contributed by atoms with van der Waals surface area (Å²) in [4.78, 5) is 10.7. The molecular weight excluding hydrogens is 227 g/mol. The van der Waals surface area contributed by atoms with E-state index in [4.69, 9.17) is 5.11 Å². The van der Waals surface area contributed by atoms with E-state index in [1.54, 1.807) is 12.2 Å². The summed E-state index contributed by atoms with van der Waals surface area (Å²) in [5, 5.41) is 14.1. The third-order valence-corrected chi connectivity index (χ3v) is 1.71. The van der Waals surface area contributed by atoms with Crippen molar-refractivity contribution in [3.8, 4) is 0 Å². The number of aryl methyl sites for hydroxylation is 1. The molecular formula is C8H10F3N3O2. The average Bonchev–Trinajstić information content (AvgIpc) is 2.45. The smallest absolute Gasteiger partial charge is 0.394 e. The predicted molar refractivity (Wildman–Crippen MR) is 48.7 cm³/mol. The highest BCUT2D eigenvalue weighted by atomic mass is 19.4. The van der Waals surface area contributed by atoms with Crippen molar-refractivity contribution < 1.29 is 23.1 Å². The molecule has 1 heterocycles. The van der Waals surface area contributed by atoms with E-state index in [0.29, 0.717) is 5.69 Å². The number of nitrogens with one attached hydrogen (secondary N) is 1. The lowest BCUT2D eigenvalue weighted by Gasteiger charge is -2.09. The van der Waals surface area contributed by atoms with Gasteiger partial charge in [0.05, 0.1) is 18.8 Å². The molecule has 0 unspecified atom stereocenters. The molecule has 2 N–H and O–H groups in total. The van der Waals surface area contributed by atoms with Crippen LogP contribution in [0.2, 0.25) is 0 Å². The summed E-state index contributed by atoms with van der Waals surface area (Å²) in [5.74, 6) is -2.15. The van der Waals surface area contributed by atoms with Gasteiger partial charge in [0, 0.05) is 6.07 Å². The number of rotatable bonds is 3. The van der Waals surface area contributed by atoms with Crippen molar-refractivity contribution in [2.75, 3.05) is 11.9 Å². The molecule has 5 nitrogen and oxygen atoms in total. The molecule has 0 atom stereocenters. The molecule has 1 aromatic rings. The Labute approximate surface area is 88.9 Å². The third kappa shape index (κ3) is 2.96. The van der Waals surface area contributed by atoms with Crippen molar-refractivity contribution in [2.24, 2.45) is 0 Å². The molecule has 1 rings (SSSR count). The second kappa shape index (κ2) is 4.52. The highest BCUT2D eigenvalue weighted by Crippen LogP contribution is 2.18. The number of alkyl halides is 3. The Morgan fingerprint density at radius 2 is 2.25 bits per heavy atom. The molecule has 0 radical (unpaired) electrons. The van der Waals surface area contributed by atoms with Crippen molar-refractivity contribution >= 4 is 11.7 Å². The van der Waals surface area contributed by atoms with Crippen LogP contribution >= 0.6 is 0 Å². The maximum absolute atomic E-state index is 12.0. The van der Waals surface area contributed by atoms with Gasteiger partial charge in [0.25, 0.3) is 0 Å². The molecule has 16 heavy (non-hydrogen) atoms. The van der Waals surface area contributed by atoms with Gasteiger partial charge in [0.2, 0.25) is 0 Å². The normalized spacial score (nSPS) is 11.6. The number of aromatic nitrogens is 2. The fraction of sp³-hybridized carbons (Fsp3) is 0.500. The van der Waals surface area contributed by atoms with Crippen LogP contribution < -0.4 is 5.32 Å². The molecule has 0 spiro atoms. The molecule has 0 fully saturated rings. The Morgan fingerprint density at radius 3 is 2.75 bits per heavy atom. The Bertz CT molecular complexity index is 386. The highest BCUT2D eigenvalue weighted by molar-refractivity contribution is 5.94. The lowest BCUT2D eigenvalue weighted by Crippen LogP contribution is -2.31. The van der Waals surface area contributed by atoms with Crippen molar-refractivity contribution in [3.05, 3.63) is 11.8 Å². The lowest BCUT2D eigenvalue weighted by atomic mass is 10.4. The van der Waals surface area contributed by atoms with E-state index in [9.17, 15) is 18.0 Å². The highest BCUT2D eigenvalue weighted by Gasteiger charge is 2.39. The van der Waals surface area contributed by atoms with Gasteiger partial charge in [-0.2, -0.15) is 18.3 Å². The first-order chi connectivity index (χ1) is 7.34. The van der Waals surface area contributed by atoms with Crippen molar-refractivity contribution in [2.45, 2.75) is 19.6 Å². The van der Waals surface area contributed by atoms with Gasteiger partial charge < -0.3 is 10.4 Å². The van der Waals surface area contributed by atoms with E-state index < -0.39 is 12.1 Å². The third-order valence-electron chi connectivity index (χ3n) is 1.71. The van der Waals surface area contributed by atoms with E-state index in [0.717, 1.165) is 4.68 Å². The van der Waals surface area contributed by atoms with Crippen LogP contribution in [-0.4, -0.2) is 33.6 Å². The Balaban J connectivity index is 2.84. The first kappa shape index (κ1) is 12.5. The predicted octanol–water partition coefficient (Wildman–Crippen LogP) is 0.685. The van der Waals surface area contributed by atoms with Crippen LogP contribution in [0.4, 0.5) is 19.0 Å². The summed E-state index contributed by atoms with van der Waals surface area (Å²) in [6.45, 7) is 1.30. The second-order valence-corrected chi connectivity index (χ2v) is 3.07. The molecule has 8 heteroatoms. The fourth-order valence-corrected chi connectivity index (χ4v) is 1.10. The molecule has 0 saturated heterocycles. The number of aliphatic hydroxyl groups excluding tert-OH is 1. The number of nitrogens with zero attached hydrogens (tertiary/aromatic N) is 2.